The summed E-state index contributed by atoms with van der Waals surface area (Å²) >= 11 is 0. The molecule has 0 amide bonds. The van der Waals surface area contributed by atoms with Crippen molar-refractivity contribution in [2.45, 2.75) is 31.3 Å². The zero-order chi connectivity index (χ0) is 12.4. The van der Waals surface area contributed by atoms with Crippen molar-refractivity contribution >= 4 is 0 Å². The molecule has 0 aromatic heterocycles. The van der Waals surface area contributed by atoms with E-state index in [9.17, 15) is 5.11 Å². The summed E-state index contributed by atoms with van der Waals surface area (Å²) in [7, 11) is 0. The average molecular weight is 238 g/mol. The van der Waals surface area contributed by atoms with Gasteiger partial charge in [-0.3, -0.25) is 0 Å². The number of hydrogen-bond donors (Lipinski definition) is 1. The van der Waals surface area contributed by atoms with Crippen molar-refractivity contribution in [1.29, 1.82) is 0 Å². The summed E-state index contributed by atoms with van der Waals surface area (Å²) < 4.78 is 0. The van der Waals surface area contributed by atoms with Gasteiger partial charge in [-0.25, -0.2) is 0 Å². The first-order chi connectivity index (χ1) is 8.84. The van der Waals surface area contributed by atoms with E-state index in [0.717, 1.165) is 19.3 Å². The molecule has 0 aliphatic heterocycles. The topological polar surface area (TPSA) is 20.2 Å². The third-order valence-electron chi connectivity index (χ3n) is 3.93. The number of benzene rings is 2. The Hall–Kier alpha value is -1.60. The highest BCUT2D eigenvalue weighted by atomic mass is 16.3. The Labute approximate surface area is 108 Å². The summed E-state index contributed by atoms with van der Waals surface area (Å²) in [5, 5.41) is 9.93. The van der Waals surface area contributed by atoms with E-state index < -0.39 is 0 Å². The first-order valence-corrected chi connectivity index (χ1v) is 6.68. The predicted molar refractivity (Wildman–Crippen MR) is 74.5 cm³/mol. The molecule has 2 atom stereocenters. The normalized spacial score (nSPS) is 23.2. The first kappa shape index (κ1) is 11.5. The van der Waals surface area contributed by atoms with E-state index in [1.54, 1.807) is 0 Å². The molecule has 3 rings (SSSR count). The summed E-state index contributed by atoms with van der Waals surface area (Å²) in [6.45, 7) is 0. The standard InChI is InChI=1S/C17H18O/c18-17-8-4-7-16(17)15-11-9-14(10-12-15)13-5-2-1-3-6-13/h1-3,5-6,9-12,16-18H,4,7-8H2/t16-,17+/m0/s1. The highest BCUT2D eigenvalue weighted by Gasteiger charge is 2.26. The van der Waals surface area contributed by atoms with Gasteiger partial charge in [0.15, 0.2) is 0 Å². The maximum absolute atomic E-state index is 9.93. The third-order valence-corrected chi connectivity index (χ3v) is 3.93. The van der Waals surface area contributed by atoms with Crippen LogP contribution in [-0.4, -0.2) is 11.2 Å². The SMILES string of the molecule is O[C@@H]1CCC[C@H]1c1ccc(-c2ccccc2)cc1. The van der Waals surface area contributed by atoms with Gasteiger partial charge in [0, 0.05) is 5.92 Å². The zero-order valence-corrected chi connectivity index (χ0v) is 10.4. The Kier molecular flexibility index (Phi) is 3.16. The van der Waals surface area contributed by atoms with Crippen LogP contribution in [0.25, 0.3) is 11.1 Å². The fourth-order valence-electron chi connectivity index (χ4n) is 2.88. The van der Waals surface area contributed by atoms with Crippen LogP contribution >= 0.6 is 0 Å². The zero-order valence-electron chi connectivity index (χ0n) is 10.4. The van der Waals surface area contributed by atoms with Crippen molar-refractivity contribution in [3.63, 3.8) is 0 Å². The van der Waals surface area contributed by atoms with E-state index in [0.29, 0.717) is 5.92 Å². The van der Waals surface area contributed by atoms with E-state index in [-0.39, 0.29) is 6.10 Å². The van der Waals surface area contributed by atoms with Crippen LogP contribution in [0.3, 0.4) is 0 Å². The monoisotopic (exact) mass is 238 g/mol. The molecule has 1 nitrogen and oxygen atoms in total. The lowest BCUT2D eigenvalue weighted by Gasteiger charge is -2.15. The molecule has 2 aromatic carbocycles. The molecule has 0 unspecified atom stereocenters. The molecule has 18 heavy (non-hydrogen) atoms. The summed E-state index contributed by atoms with van der Waals surface area (Å²) in [5.74, 6) is 0.342. The molecule has 1 heteroatoms. The van der Waals surface area contributed by atoms with Crippen LogP contribution in [0, 0.1) is 0 Å². The molecule has 0 heterocycles. The Bertz CT molecular complexity index is 501. The smallest absolute Gasteiger partial charge is 0.0608 e. The van der Waals surface area contributed by atoms with E-state index in [1.165, 1.54) is 16.7 Å². The minimum atomic E-state index is -0.146. The molecular formula is C17H18O. The molecule has 1 saturated carbocycles. The van der Waals surface area contributed by atoms with Gasteiger partial charge < -0.3 is 5.11 Å². The average Bonchev–Trinajstić information content (AvgIpc) is 2.86. The second-order valence-electron chi connectivity index (χ2n) is 5.09. The van der Waals surface area contributed by atoms with Gasteiger partial charge in [-0.2, -0.15) is 0 Å². The third kappa shape index (κ3) is 2.19. The molecule has 0 saturated heterocycles. The van der Waals surface area contributed by atoms with Gasteiger partial charge in [-0.05, 0) is 29.5 Å². The number of rotatable bonds is 2. The maximum atomic E-state index is 9.93. The van der Waals surface area contributed by atoms with Gasteiger partial charge in [-0.15, -0.1) is 0 Å². The molecule has 1 aliphatic rings. The van der Waals surface area contributed by atoms with Crippen molar-refractivity contribution in [1.82, 2.24) is 0 Å². The Morgan fingerprint density at radius 3 is 2.06 bits per heavy atom. The second kappa shape index (κ2) is 4.95. The molecule has 0 bridgehead atoms. The van der Waals surface area contributed by atoms with Crippen LogP contribution in [0.5, 0.6) is 0 Å². The molecule has 0 radical (unpaired) electrons. The molecule has 1 fully saturated rings. The lowest BCUT2D eigenvalue weighted by molar-refractivity contribution is 0.164. The molecule has 1 aliphatic carbocycles. The van der Waals surface area contributed by atoms with Gasteiger partial charge in [0.25, 0.3) is 0 Å². The predicted octanol–water partition coefficient (Wildman–Crippen LogP) is 3.98. The minimum absolute atomic E-state index is 0.146. The van der Waals surface area contributed by atoms with Crippen LogP contribution in [0.15, 0.2) is 54.6 Å². The lowest BCUT2D eigenvalue weighted by Crippen LogP contribution is -2.10. The van der Waals surface area contributed by atoms with Gasteiger partial charge in [-0.1, -0.05) is 61.0 Å². The Balaban J connectivity index is 1.85. The fraction of sp³-hybridized carbons (Fsp3) is 0.294. The number of aliphatic hydroxyl groups excluding tert-OH is 1. The molecular weight excluding hydrogens is 220 g/mol. The fourth-order valence-corrected chi connectivity index (χ4v) is 2.88. The molecule has 2 aromatic rings. The summed E-state index contributed by atoms with van der Waals surface area (Å²) in [5.41, 5.74) is 3.77. The van der Waals surface area contributed by atoms with E-state index in [4.69, 9.17) is 0 Å². The van der Waals surface area contributed by atoms with Crippen LogP contribution < -0.4 is 0 Å². The lowest BCUT2D eigenvalue weighted by atomic mass is 9.94. The minimum Gasteiger partial charge on any atom is -0.392 e. The quantitative estimate of drug-likeness (QED) is 0.839. The summed E-state index contributed by atoms with van der Waals surface area (Å²) in [6.07, 6.45) is 3.07. The molecule has 92 valence electrons. The van der Waals surface area contributed by atoms with Gasteiger partial charge in [0.2, 0.25) is 0 Å². The van der Waals surface area contributed by atoms with Crippen LogP contribution in [-0.2, 0) is 0 Å². The van der Waals surface area contributed by atoms with Crippen LogP contribution in [0.1, 0.15) is 30.7 Å². The van der Waals surface area contributed by atoms with Crippen LogP contribution in [0.4, 0.5) is 0 Å². The van der Waals surface area contributed by atoms with Gasteiger partial charge >= 0.3 is 0 Å². The van der Waals surface area contributed by atoms with Crippen molar-refractivity contribution < 1.29 is 5.11 Å². The highest BCUT2D eigenvalue weighted by Crippen LogP contribution is 2.35. The summed E-state index contributed by atoms with van der Waals surface area (Å²) in [4.78, 5) is 0. The number of hydrogen-bond acceptors (Lipinski definition) is 1. The summed E-state index contributed by atoms with van der Waals surface area (Å²) in [6, 6.07) is 19.1. The second-order valence-corrected chi connectivity index (χ2v) is 5.09. The van der Waals surface area contributed by atoms with E-state index in [2.05, 4.69) is 48.5 Å². The first-order valence-electron chi connectivity index (χ1n) is 6.68. The maximum Gasteiger partial charge on any atom is 0.0608 e. The van der Waals surface area contributed by atoms with E-state index in [1.807, 2.05) is 6.07 Å². The number of aliphatic hydroxyl groups is 1. The van der Waals surface area contributed by atoms with Crippen molar-refractivity contribution in [2.24, 2.45) is 0 Å². The largest absolute Gasteiger partial charge is 0.392 e. The van der Waals surface area contributed by atoms with Crippen molar-refractivity contribution in [2.75, 3.05) is 0 Å². The molecule has 1 N–H and O–H groups in total. The van der Waals surface area contributed by atoms with Crippen molar-refractivity contribution in [3.8, 4) is 11.1 Å². The Morgan fingerprint density at radius 2 is 1.44 bits per heavy atom. The van der Waals surface area contributed by atoms with Crippen molar-refractivity contribution in [3.05, 3.63) is 60.2 Å². The van der Waals surface area contributed by atoms with E-state index >= 15 is 0 Å². The Morgan fingerprint density at radius 1 is 0.778 bits per heavy atom. The highest BCUT2D eigenvalue weighted by molar-refractivity contribution is 5.63. The molecule has 0 spiro atoms. The van der Waals surface area contributed by atoms with Crippen LogP contribution in [0.2, 0.25) is 0 Å². The van der Waals surface area contributed by atoms with Gasteiger partial charge in [0.1, 0.15) is 0 Å². The van der Waals surface area contributed by atoms with Gasteiger partial charge in [0.05, 0.1) is 6.10 Å².